The third-order valence-electron chi connectivity index (χ3n) is 3.90. The summed E-state index contributed by atoms with van der Waals surface area (Å²) in [6.07, 6.45) is 5.42. The fourth-order valence-electron chi connectivity index (χ4n) is 2.92. The summed E-state index contributed by atoms with van der Waals surface area (Å²) < 4.78 is 1.53. The Morgan fingerprint density at radius 2 is 1.79 bits per heavy atom. The van der Waals surface area contributed by atoms with Crippen LogP contribution >= 0.6 is 0 Å². The Bertz CT molecular complexity index is 607. The van der Waals surface area contributed by atoms with Crippen LogP contribution in [0.25, 0.3) is 11.3 Å². The average molecular weight is 258 g/mol. The number of imidazole rings is 1. The van der Waals surface area contributed by atoms with Gasteiger partial charge in [-0.25, -0.2) is 4.79 Å². The standard InChI is InChI=1S/C15H18N2O2/c18-14-13(11-7-3-1-4-8-11)16-15(19)17(14)12-9-5-2-6-10-12/h1,3-4,7-8,12,18H,2,5-6,9-10H2,(H,16,19). The quantitative estimate of drug-likeness (QED) is 0.869. The normalized spacial score (nSPS) is 16.6. The number of hydrogen-bond acceptors (Lipinski definition) is 2. The van der Waals surface area contributed by atoms with Crippen LogP contribution < -0.4 is 5.69 Å². The summed E-state index contributed by atoms with van der Waals surface area (Å²) in [6.45, 7) is 0. The van der Waals surface area contributed by atoms with Crippen LogP contribution in [0.5, 0.6) is 5.88 Å². The minimum atomic E-state index is -0.205. The number of rotatable bonds is 2. The molecule has 1 aromatic carbocycles. The summed E-state index contributed by atoms with van der Waals surface area (Å²) >= 11 is 0. The van der Waals surface area contributed by atoms with Gasteiger partial charge < -0.3 is 10.1 Å². The lowest BCUT2D eigenvalue weighted by atomic mass is 9.95. The number of benzene rings is 1. The van der Waals surface area contributed by atoms with E-state index in [4.69, 9.17) is 0 Å². The zero-order valence-corrected chi connectivity index (χ0v) is 10.8. The number of hydrogen-bond donors (Lipinski definition) is 2. The monoisotopic (exact) mass is 258 g/mol. The fraction of sp³-hybridized carbons (Fsp3) is 0.400. The number of aromatic amines is 1. The molecule has 0 atom stereocenters. The number of nitrogens with one attached hydrogen (secondary N) is 1. The van der Waals surface area contributed by atoms with Gasteiger partial charge in [0.25, 0.3) is 0 Å². The second-order valence-electron chi connectivity index (χ2n) is 5.16. The van der Waals surface area contributed by atoms with E-state index in [0.717, 1.165) is 31.2 Å². The molecule has 0 amide bonds. The first kappa shape index (κ1) is 12.1. The van der Waals surface area contributed by atoms with E-state index in [2.05, 4.69) is 4.98 Å². The van der Waals surface area contributed by atoms with Crippen LogP contribution in [-0.2, 0) is 0 Å². The molecule has 1 aliphatic carbocycles. The first-order chi connectivity index (χ1) is 9.27. The molecule has 3 rings (SSSR count). The molecule has 0 bridgehead atoms. The van der Waals surface area contributed by atoms with Crippen molar-refractivity contribution in [2.75, 3.05) is 0 Å². The molecule has 0 saturated heterocycles. The van der Waals surface area contributed by atoms with Crippen LogP contribution in [0.1, 0.15) is 38.1 Å². The van der Waals surface area contributed by atoms with E-state index in [1.807, 2.05) is 30.3 Å². The summed E-state index contributed by atoms with van der Waals surface area (Å²) in [6, 6.07) is 9.61. The lowest BCUT2D eigenvalue weighted by molar-refractivity contribution is 0.308. The highest BCUT2D eigenvalue weighted by Crippen LogP contribution is 2.33. The molecule has 1 heterocycles. The molecule has 1 aliphatic rings. The number of aromatic hydroxyl groups is 1. The molecule has 19 heavy (non-hydrogen) atoms. The molecular weight excluding hydrogens is 240 g/mol. The maximum Gasteiger partial charge on any atom is 0.329 e. The predicted molar refractivity (Wildman–Crippen MR) is 74.3 cm³/mol. The first-order valence-corrected chi connectivity index (χ1v) is 6.86. The predicted octanol–water partition coefficient (Wildman–Crippen LogP) is 3.05. The summed E-state index contributed by atoms with van der Waals surface area (Å²) in [4.78, 5) is 14.9. The zero-order chi connectivity index (χ0) is 13.2. The lowest BCUT2D eigenvalue weighted by Crippen LogP contribution is -2.23. The van der Waals surface area contributed by atoms with E-state index in [1.165, 1.54) is 11.0 Å². The number of aromatic nitrogens is 2. The van der Waals surface area contributed by atoms with Gasteiger partial charge >= 0.3 is 5.69 Å². The van der Waals surface area contributed by atoms with Crippen LogP contribution in [0.2, 0.25) is 0 Å². The number of nitrogens with zero attached hydrogens (tertiary/aromatic N) is 1. The van der Waals surface area contributed by atoms with Gasteiger partial charge in [-0.15, -0.1) is 0 Å². The second-order valence-corrected chi connectivity index (χ2v) is 5.16. The Kier molecular flexibility index (Phi) is 3.15. The van der Waals surface area contributed by atoms with Crippen molar-refractivity contribution in [3.8, 4) is 17.1 Å². The van der Waals surface area contributed by atoms with Gasteiger partial charge in [0.15, 0.2) is 0 Å². The molecular formula is C15H18N2O2. The molecule has 1 saturated carbocycles. The van der Waals surface area contributed by atoms with E-state index >= 15 is 0 Å². The molecule has 1 fully saturated rings. The maximum absolute atomic E-state index is 12.1. The highest BCUT2D eigenvalue weighted by molar-refractivity contribution is 5.64. The van der Waals surface area contributed by atoms with Crippen molar-refractivity contribution in [3.05, 3.63) is 40.8 Å². The molecule has 1 aromatic heterocycles. The van der Waals surface area contributed by atoms with Crippen molar-refractivity contribution in [2.24, 2.45) is 0 Å². The Hall–Kier alpha value is -1.97. The number of H-pyrrole nitrogens is 1. The van der Waals surface area contributed by atoms with E-state index in [0.29, 0.717) is 5.69 Å². The van der Waals surface area contributed by atoms with Gasteiger partial charge in [-0.3, -0.25) is 4.57 Å². The molecule has 100 valence electrons. The summed E-state index contributed by atoms with van der Waals surface area (Å²) in [5.41, 5.74) is 1.16. The Morgan fingerprint density at radius 1 is 1.11 bits per heavy atom. The van der Waals surface area contributed by atoms with Crippen LogP contribution in [0.4, 0.5) is 0 Å². The third-order valence-corrected chi connectivity index (χ3v) is 3.90. The minimum absolute atomic E-state index is 0.0723. The molecule has 2 N–H and O–H groups in total. The molecule has 4 nitrogen and oxygen atoms in total. The Balaban J connectivity index is 2.03. The summed E-state index contributed by atoms with van der Waals surface area (Å²) in [5, 5.41) is 10.3. The fourth-order valence-corrected chi connectivity index (χ4v) is 2.92. The molecule has 2 aromatic rings. The van der Waals surface area contributed by atoms with E-state index in [1.54, 1.807) is 0 Å². The van der Waals surface area contributed by atoms with Crippen LogP contribution in [0.15, 0.2) is 35.1 Å². The van der Waals surface area contributed by atoms with Crippen molar-refractivity contribution >= 4 is 0 Å². The minimum Gasteiger partial charge on any atom is -0.493 e. The third kappa shape index (κ3) is 2.18. The van der Waals surface area contributed by atoms with Gasteiger partial charge in [-0.1, -0.05) is 49.6 Å². The van der Waals surface area contributed by atoms with Crippen molar-refractivity contribution < 1.29 is 5.11 Å². The van der Waals surface area contributed by atoms with Crippen molar-refractivity contribution in [1.29, 1.82) is 0 Å². The maximum atomic E-state index is 12.1. The molecule has 4 heteroatoms. The molecule has 0 spiro atoms. The Labute approximate surface area is 111 Å². The van der Waals surface area contributed by atoms with E-state index in [-0.39, 0.29) is 17.6 Å². The largest absolute Gasteiger partial charge is 0.493 e. The van der Waals surface area contributed by atoms with Gasteiger partial charge in [0.2, 0.25) is 5.88 Å². The van der Waals surface area contributed by atoms with Gasteiger partial charge in [-0.2, -0.15) is 0 Å². The van der Waals surface area contributed by atoms with E-state index in [9.17, 15) is 9.90 Å². The van der Waals surface area contributed by atoms with Gasteiger partial charge in [0.05, 0.1) is 0 Å². The average Bonchev–Trinajstić information content (AvgIpc) is 2.76. The van der Waals surface area contributed by atoms with Crippen molar-refractivity contribution in [1.82, 2.24) is 9.55 Å². The lowest BCUT2D eigenvalue weighted by Gasteiger charge is -2.22. The smallest absolute Gasteiger partial charge is 0.329 e. The Morgan fingerprint density at radius 3 is 2.47 bits per heavy atom. The first-order valence-electron chi connectivity index (χ1n) is 6.86. The van der Waals surface area contributed by atoms with Crippen molar-refractivity contribution in [3.63, 3.8) is 0 Å². The molecule has 0 aliphatic heterocycles. The molecule has 0 unspecified atom stereocenters. The van der Waals surface area contributed by atoms with Gasteiger partial charge in [0, 0.05) is 11.6 Å². The van der Waals surface area contributed by atoms with Crippen molar-refractivity contribution in [2.45, 2.75) is 38.1 Å². The SMILES string of the molecule is O=c1[nH]c(-c2ccccc2)c(O)n1C1CCCCC1. The second kappa shape index (κ2) is 4.96. The van der Waals surface area contributed by atoms with Gasteiger partial charge in [-0.05, 0) is 12.8 Å². The summed E-state index contributed by atoms with van der Waals surface area (Å²) in [7, 11) is 0. The van der Waals surface area contributed by atoms with Gasteiger partial charge in [0.1, 0.15) is 5.69 Å². The van der Waals surface area contributed by atoms with Crippen LogP contribution in [-0.4, -0.2) is 14.7 Å². The van der Waals surface area contributed by atoms with E-state index < -0.39 is 0 Å². The highest BCUT2D eigenvalue weighted by Gasteiger charge is 2.23. The van der Waals surface area contributed by atoms with Crippen LogP contribution in [0, 0.1) is 0 Å². The van der Waals surface area contributed by atoms with Crippen LogP contribution in [0.3, 0.4) is 0 Å². The topological polar surface area (TPSA) is 58.0 Å². The molecule has 0 radical (unpaired) electrons. The highest BCUT2D eigenvalue weighted by atomic mass is 16.3. The summed E-state index contributed by atoms with van der Waals surface area (Å²) in [5.74, 6) is 0.0723. The zero-order valence-electron chi connectivity index (χ0n) is 10.8.